The number of thiophene rings is 1. The second kappa shape index (κ2) is 6.96. The first-order chi connectivity index (χ1) is 10.7. The second-order valence-electron chi connectivity index (χ2n) is 4.70. The van der Waals surface area contributed by atoms with Crippen molar-refractivity contribution in [2.75, 3.05) is 0 Å². The number of hydrogen-bond acceptors (Lipinski definition) is 4. The van der Waals surface area contributed by atoms with Gasteiger partial charge in [0.25, 0.3) is 15.9 Å². The van der Waals surface area contributed by atoms with Gasteiger partial charge in [0, 0.05) is 9.90 Å². The summed E-state index contributed by atoms with van der Waals surface area (Å²) in [6.07, 6.45) is 0.783. The Hall–Kier alpha value is -1.48. The van der Waals surface area contributed by atoms with Crippen molar-refractivity contribution in [3.63, 3.8) is 0 Å². The van der Waals surface area contributed by atoms with Crippen LogP contribution in [0.1, 0.15) is 27.0 Å². The quantitative estimate of drug-likeness (QED) is 0.787. The van der Waals surface area contributed by atoms with Crippen molar-refractivity contribution in [1.82, 2.24) is 10.3 Å². The molecule has 0 spiro atoms. The molecular weight excluding hydrogens is 363 g/mol. The monoisotopic (exact) mass is 376 g/mol. The third-order valence-corrected chi connectivity index (χ3v) is 5.94. The van der Waals surface area contributed by atoms with Gasteiger partial charge in [-0.25, -0.2) is 12.8 Å². The SMILES string of the molecule is CCc1sc(C(=O)NNS(=O)(=O)c2ccc(Cl)cc2F)cc1C. The number of sulfonamides is 1. The van der Waals surface area contributed by atoms with Crippen LogP contribution in [0.5, 0.6) is 0 Å². The van der Waals surface area contributed by atoms with Crippen molar-refractivity contribution in [2.45, 2.75) is 25.2 Å². The number of rotatable bonds is 5. The number of nitrogens with one attached hydrogen (secondary N) is 2. The van der Waals surface area contributed by atoms with Crippen LogP contribution in [0, 0.1) is 12.7 Å². The molecule has 0 radical (unpaired) electrons. The smallest absolute Gasteiger partial charge is 0.273 e. The predicted octanol–water partition coefficient (Wildman–Crippen LogP) is 3.03. The molecule has 0 atom stereocenters. The first-order valence-electron chi connectivity index (χ1n) is 6.61. The van der Waals surface area contributed by atoms with Gasteiger partial charge in [0.1, 0.15) is 10.7 Å². The highest BCUT2D eigenvalue weighted by molar-refractivity contribution is 7.89. The Balaban J connectivity index is 2.13. The number of carbonyl (C=O) groups is 1. The van der Waals surface area contributed by atoms with Gasteiger partial charge in [-0.1, -0.05) is 18.5 Å². The molecule has 0 aliphatic rings. The Morgan fingerprint density at radius 3 is 2.61 bits per heavy atom. The summed E-state index contributed by atoms with van der Waals surface area (Å²) in [5, 5.41) is 0.0756. The molecule has 9 heteroatoms. The fourth-order valence-electron chi connectivity index (χ4n) is 1.91. The van der Waals surface area contributed by atoms with Crippen LogP contribution in [-0.2, 0) is 16.4 Å². The molecule has 0 saturated carbocycles. The van der Waals surface area contributed by atoms with Crippen molar-refractivity contribution in [1.29, 1.82) is 0 Å². The summed E-state index contributed by atoms with van der Waals surface area (Å²) in [6.45, 7) is 3.84. The van der Waals surface area contributed by atoms with Gasteiger partial charge in [-0.15, -0.1) is 16.2 Å². The highest BCUT2D eigenvalue weighted by Crippen LogP contribution is 2.22. The molecule has 23 heavy (non-hydrogen) atoms. The van der Waals surface area contributed by atoms with E-state index in [2.05, 4.69) is 5.43 Å². The van der Waals surface area contributed by atoms with Crippen molar-refractivity contribution < 1.29 is 17.6 Å². The highest BCUT2D eigenvalue weighted by atomic mass is 35.5. The summed E-state index contributed by atoms with van der Waals surface area (Å²) >= 11 is 6.86. The summed E-state index contributed by atoms with van der Waals surface area (Å²) < 4.78 is 37.7. The molecule has 1 heterocycles. The van der Waals surface area contributed by atoms with Gasteiger partial charge in [-0.3, -0.25) is 10.2 Å². The third-order valence-electron chi connectivity index (χ3n) is 3.05. The summed E-state index contributed by atoms with van der Waals surface area (Å²) in [6, 6.07) is 4.83. The normalized spacial score (nSPS) is 11.5. The Bertz CT molecular complexity index is 850. The van der Waals surface area contributed by atoms with Crippen molar-refractivity contribution in [3.8, 4) is 0 Å². The molecule has 0 bridgehead atoms. The van der Waals surface area contributed by atoms with E-state index in [9.17, 15) is 17.6 Å². The van der Waals surface area contributed by atoms with Crippen LogP contribution < -0.4 is 10.3 Å². The number of amides is 1. The highest BCUT2D eigenvalue weighted by Gasteiger charge is 2.21. The first kappa shape index (κ1) is 17.9. The Morgan fingerprint density at radius 1 is 1.35 bits per heavy atom. The van der Waals surface area contributed by atoms with Gasteiger partial charge in [-0.2, -0.15) is 0 Å². The lowest BCUT2D eigenvalue weighted by Gasteiger charge is -2.08. The van der Waals surface area contributed by atoms with E-state index in [-0.39, 0.29) is 5.02 Å². The Labute approximate surface area is 142 Å². The first-order valence-corrected chi connectivity index (χ1v) is 9.29. The lowest BCUT2D eigenvalue weighted by atomic mass is 10.2. The molecule has 1 aromatic heterocycles. The molecule has 0 aliphatic heterocycles. The standard InChI is InChI=1S/C14H14ClFN2O3S2/c1-3-11-8(2)6-12(22-11)14(19)17-18-23(20,21)13-5-4-9(15)7-10(13)16/h4-7,18H,3H2,1-2H3,(H,17,19). The number of aryl methyl sites for hydroxylation is 2. The summed E-state index contributed by atoms with van der Waals surface area (Å²) in [4.78, 5) is 14.7. The summed E-state index contributed by atoms with van der Waals surface area (Å²) in [5.41, 5.74) is 3.04. The van der Waals surface area contributed by atoms with Crippen LogP contribution in [0.15, 0.2) is 29.2 Å². The van der Waals surface area contributed by atoms with Crippen LogP contribution >= 0.6 is 22.9 Å². The molecular formula is C14H14ClFN2O3S2. The van der Waals surface area contributed by atoms with Crippen molar-refractivity contribution >= 4 is 38.9 Å². The predicted molar refractivity (Wildman–Crippen MR) is 87.6 cm³/mol. The molecule has 2 aromatic rings. The van der Waals surface area contributed by atoms with Gasteiger partial charge >= 0.3 is 0 Å². The molecule has 0 aliphatic carbocycles. The molecule has 2 rings (SSSR count). The second-order valence-corrected chi connectivity index (χ2v) is 7.93. The summed E-state index contributed by atoms with van der Waals surface area (Å²) in [7, 11) is -4.23. The van der Waals surface area contributed by atoms with E-state index in [0.29, 0.717) is 4.88 Å². The molecule has 0 fully saturated rings. The largest absolute Gasteiger partial charge is 0.276 e. The maximum absolute atomic E-state index is 13.7. The third kappa shape index (κ3) is 4.08. The Kier molecular flexibility index (Phi) is 5.41. The van der Waals surface area contributed by atoms with E-state index in [0.717, 1.165) is 29.0 Å². The fourth-order valence-corrected chi connectivity index (χ4v) is 3.97. The summed E-state index contributed by atoms with van der Waals surface area (Å²) in [5.74, 6) is -1.60. The van der Waals surface area contributed by atoms with Gasteiger partial charge in [0.05, 0.1) is 4.88 Å². The van der Waals surface area contributed by atoms with E-state index in [1.165, 1.54) is 17.4 Å². The lowest BCUT2D eigenvalue weighted by molar-refractivity contribution is 0.0949. The molecule has 1 amide bonds. The zero-order valence-corrected chi connectivity index (χ0v) is 14.7. The van der Waals surface area contributed by atoms with Gasteiger partial charge in [-0.05, 0) is 43.2 Å². The topological polar surface area (TPSA) is 75.3 Å². The lowest BCUT2D eigenvalue weighted by Crippen LogP contribution is -2.41. The Morgan fingerprint density at radius 2 is 2.04 bits per heavy atom. The molecule has 5 nitrogen and oxygen atoms in total. The minimum absolute atomic E-state index is 0.0756. The minimum atomic E-state index is -4.23. The zero-order chi connectivity index (χ0) is 17.2. The maximum atomic E-state index is 13.7. The fraction of sp³-hybridized carbons (Fsp3) is 0.214. The average molecular weight is 377 g/mol. The van der Waals surface area contributed by atoms with Gasteiger partial charge < -0.3 is 0 Å². The van der Waals surface area contributed by atoms with Crippen molar-refractivity contribution in [3.05, 3.63) is 50.4 Å². The van der Waals surface area contributed by atoms with E-state index in [4.69, 9.17) is 11.6 Å². The van der Waals surface area contributed by atoms with Crippen LogP contribution in [-0.4, -0.2) is 14.3 Å². The molecule has 1 aromatic carbocycles. The van der Waals surface area contributed by atoms with Crippen molar-refractivity contribution in [2.24, 2.45) is 0 Å². The van der Waals surface area contributed by atoms with Gasteiger partial charge in [0.15, 0.2) is 0 Å². The number of hydrazine groups is 1. The molecule has 0 saturated heterocycles. The molecule has 124 valence electrons. The van der Waals surface area contributed by atoms with Crippen LogP contribution in [0.4, 0.5) is 4.39 Å². The van der Waals surface area contributed by atoms with Crippen LogP contribution in [0.3, 0.4) is 0 Å². The van der Waals surface area contributed by atoms with E-state index < -0.39 is 26.6 Å². The number of halogens is 2. The number of benzene rings is 1. The van der Waals surface area contributed by atoms with Crippen LogP contribution in [0.25, 0.3) is 0 Å². The molecule has 0 unspecified atom stereocenters. The maximum Gasteiger partial charge on any atom is 0.276 e. The number of carbonyl (C=O) groups excluding carboxylic acids is 1. The number of hydrogen-bond donors (Lipinski definition) is 2. The minimum Gasteiger partial charge on any atom is -0.273 e. The zero-order valence-electron chi connectivity index (χ0n) is 12.3. The van der Waals surface area contributed by atoms with E-state index >= 15 is 0 Å². The van der Waals surface area contributed by atoms with E-state index in [1.54, 1.807) is 6.07 Å². The average Bonchev–Trinajstić information content (AvgIpc) is 2.85. The van der Waals surface area contributed by atoms with Gasteiger partial charge in [0.2, 0.25) is 0 Å². The van der Waals surface area contributed by atoms with Crippen LogP contribution in [0.2, 0.25) is 5.02 Å². The molecule has 2 N–H and O–H groups in total. The van der Waals surface area contributed by atoms with E-state index in [1.807, 2.05) is 18.7 Å².